The molecular formula is C10H15FN2O2. The van der Waals surface area contributed by atoms with Gasteiger partial charge in [-0.1, -0.05) is 6.07 Å². The minimum Gasteiger partial charge on any atom is -0.395 e. The first-order valence-corrected chi connectivity index (χ1v) is 4.72. The summed E-state index contributed by atoms with van der Waals surface area (Å²) in [6, 6.07) is 4.59. The fourth-order valence-corrected chi connectivity index (χ4v) is 1.12. The maximum absolute atomic E-state index is 13.0. The van der Waals surface area contributed by atoms with E-state index in [0.29, 0.717) is 25.4 Å². The Labute approximate surface area is 87.9 Å². The van der Waals surface area contributed by atoms with Gasteiger partial charge in [0.15, 0.2) is 0 Å². The number of rotatable bonds is 6. The number of anilines is 2. The highest BCUT2D eigenvalue weighted by molar-refractivity contribution is 5.66. The van der Waals surface area contributed by atoms with Crippen molar-refractivity contribution < 1.29 is 14.2 Å². The summed E-state index contributed by atoms with van der Waals surface area (Å²) in [6.45, 7) is 1.27. The fraction of sp³-hybridized carbons (Fsp3) is 0.400. The van der Waals surface area contributed by atoms with Gasteiger partial charge in [0, 0.05) is 6.54 Å². The third kappa shape index (κ3) is 3.73. The first kappa shape index (κ1) is 11.7. The van der Waals surface area contributed by atoms with Crippen molar-refractivity contribution in [3.8, 4) is 0 Å². The molecule has 4 N–H and O–H groups in total. The predicted molar refractivity (Wildman–Crippen MR) is 57.2 cm³/mol. The van der Waals surface area contributed by atoms with Crippen LogP contribution in [0, 0.1) is 5.82 Å². The molecule has 5 heteroatoms. The molecule has 0 spiro atoms. The van der Waals surface area contributed by atoms with Crippen LogP contribution in [0.15, 0.2) is 18.2 Å². The number of ether oxygens (including phenoxy) is 1. The van der Waals surface area contributed by atoms with Gasteiger partial charge in [0.25, 0.3) is 0 Å². The molecule has 0 aromatic heterocycles. The molecule has 0 heterocycles. The van der Waals surface area contributed by atoms with Gasteiger partial charge in [-0.2, -0.15) is 0 Å². The summed E-state index contributed by atoms with van der Waals surface area (Å²) in [7, 11) is 0. The molecule has 15 heavy (non-hydrogen) atoms. The number of aliphatic hydroxyl groups excluding tert-OH is 1. The lowest BCUT2D eigenvalue weighted by Crippen LogP contribution is -2.12. The van der Waals surface area contributed by atoms with Crippen LogP contribution in [-0.2, 0) is 4.74 Å². The van der Waals surface area contributed by atoms with Gasteiger partial charge in [0.2, 0.25) is 0 Å². The average Bonchev–Trinajstić information content (AvgIpc) is 2.24. The van der Waals surface area contributed by atoms with Crippen molar-refractivity contribution in [1.29, 1.82) is 0 Å². The molecule has 1 aromatic carbocycles. The highest BCUT2D eigenvalue weighted by Crippen LogP contribution is 2.20. The lowest BCUT2D eigenvalue weighted by Gasteiger charge is -2.09. The van der Waals surface area contributed by atoms with Crippen LogP contribution >= 0.6 is 0 Å². The maximum atomic E-state index is 13.0. The van der Waals surface area contributed by atoms with Gasteiger partial charge in [-0.05, 0) is 12.1 Å². The van der Waals surface area contributed by atoms with E-state index < -0.39 is 5.82 Å². The number of benzene rings is 1. The van der Waals surface area contributed by atoms with Crippen LogP contribution in [0.4, 0.5) is 15.8 Å². The number of para-hydroxylation sites is 1. The number of halogens is 1. The molecular weight excluding hydrogens is 199 g/mol. The fourth-order valence-electron chi connectivity index (χ4n) is 1.12. The van der Waals surface area contributed by atoms with Crippen molar-refractivity contribution in [2.45, 2.75) is 0 Å². The summed E-state index contributed by atoms with van der Waals surface area (Å²) in [4.78, 5) is 0. The van der Waals surface area contributed by atoms with E-state index in [1.165, 1.54) is 6.07 Å². The zero-order chi connectivity index (χ0) is 11.1. The largest absolute Gasteiger partial charge is 0.395 e. The maximum Gasteiger partial charge on any atom is 0.148 e. The van der Waals surface area contributed by atoms with Gasteiger partial charge in [-0.25, -0.2) is 4.39 Å². The van der Waals surface area contributed by atoms with Crippen molar-refractivity contribution in [2.75, 3.05) is 37.4 Å². The number of hydrogen-bond acceptors (Lipinski definition) is 4. The molecule has 1 aromatic rings. The Kier molecular flexibility index (Phi) is 4.86. The molecule has 84 valence electrons. The first-order chi connectivity index (χ1) is 7.25. The van der Waals surface area contributed by atoms with E-state index in [9.17, 15) is 4.39 Å². The van der Waals surface area contributed by atoms with E-state index in [1.54, 1.807) is 12.1 Å². The third-order valence-corrected chi connectivity index (χ3v) is 1.85. The monoisotopic (exact) mass is 214 g/mol. The molecule has 0 radical (unpaired) electrons. The molecule has 0 aliphatic carbocycles. The normalized spacial score (nSPS) is 10.3. The molecule has 4 nitrogen and oxygen atoms in total. The van der Waals surface area contributed by atoms with Crippen LogP contribution in [0.2, 0.25) is 0 Å². The van der Waals surface area contributed by atoms with Crippen molar-refractivity contribution in [1.82, 2.24) is 0 Å². The topological polar surface area (TPSA) is 67.5 Å². The van der Waals surface area contributed by atoms with Crippen molar-refractivity contribution in [3.63, 3.8) is 0 Å². The molecule has 0 bridgehead atoms. The Hall–Kier alpha value is -1.33. The van der Waals surface area contributed by atoms with Gasteiger partial charge in [-0.15, -0.1) is 0 Å². The predicted octanol–water partition coefficient (Wildman–Crippen LogP) is 0.829. The SMILES string of the molecule is Nc1c(F)cccc1NCCOCCO. The summed E-state index contributed by atoms with van der Waals surface area (Å²) in [5, 5.41) is 11.4. The van der Waals surface area contributed by atoms with Crippen molar-refractivity contribution in [3.05, 3.63) is 24.0 Å². The molecule has 1 rings (SSSR count). The van der Waals surface area contributed by atoms with Crippen LogP contribution < -0.4 is 11.1 Å². The molecule has 0 amide bonds. The average molecular weight is 214 g/mol. The lowest BCUT2D eigenvalue weighted by atomic mass is 10.2. The molecule has 0 saturated heterocycles. The Morgan fingerprint density at radius 1 is 1.40 bits per heavy atom. The van der Waals surface area contributed by atoms with Gasteiger partial charge in [0.05, 0.1) is 31.2 Å². The minimum atomic E-state index is -0.434. The van der Waals surface area contributed by atoms with Crippen molar-refractivity contribution in [2.24, 2.45) is 0 Å². The Bertz CT molecular complexity index is 307. The van der Waals surface area contributed by atoms with Crippen LogP contribution in [0.5, 0.6) is 0 Å². The van der Waals surface area contributed by atoms with Crippen LogP contribution in [0.1, 0.15) is 0 Å². The zero-order valence-corrected chi connectivity index (χ0v) is 8.37. The second-order valence-electron chi connectivity index (χ2n) is 2.96. The van der Waals surface area contributed by atoms with E-state index in [-0.39, 0.29) is 12.3 Å². The standard InChI is InChI=1S/C10H15FN2O2/c11-8-2-1-3-9(10(8)12)13-4-6-15-7-5-14/h1-3,13-14H,4-7,12H2. The first-order valence-electron chi connectivity index (χ1n) is 4.72. The molecule has 0 aliphatic rings. The van der Waals surface area contributed by atoms with E-state index in [1.807, 2.05) is 0 Å². The molecule has 0 atom stereocenters. The summed E-state index contributed by atoms with van der Waals surface area (Å²) >= 11 is 0. The highest BCUT2D eigenvalue weighted by Gasteiger charge is 2.02. The minimum absolute atomic E-state index is 0.00209. The summed E-state index contributed by atoms with van der Waals surface area (Å²) in [5.41, 5.74) is 6.17. The second kappa shape index (κ2) is 6.21. The number of nitrogens with one attached hydrogen (secondary N) is 1. The smallest absolute Gasteiger partial charge is 0.148 e. The molecule has 0 aliphatic heterocycles. The number of nitrogen functional groups attached to an aromatic ring is 1. The van der Waals surface area contributed by atoms with Gasteiger partial charge in [-0.3, -0.25) is 0 Å². The van der Waals surface area contributed by atoms with Gasteiger partial charge >= 0.3 is 0 Å². The van der Waals surface area contributed by atoms with E-state index >= 15 is 0 Å². The van der Waals surface area contributed by atoms with E-state index in [2.05, 4.69) is 5.32 Å². The van der Waals surface area contributed by atoms with Crippen LogP contribution in [0.3, 0.4) is 0 Å². The van der Waals surface area contributed by atoms with Crippen LogP contribution in [-0.4, -0.2) is 31.5 Å². The Morgan fingerprint density at radius 3 is 2.93 bits per heavy atom. The zero-order valence-electron chi connectivity index (χ0n) is 8.37. The third-order valence-electron chi connectivity index (χ3n) is 1.85. The summed E-state index contributed by atoms with van der Waals surface area (Å²) in [5.74, 6) is -0.434. The molecule has 0 unspecified atom stereocenters. The van der Waals surface area contributed by atoms with E-state index in [4.69, 9.17) is 15.6 Å². The number of aliphatic hydroxyl groups is 1. The second-order valence-corrected chi connectivity index (χ2v) is 2.96. The highest BCUT2D eigenvalue weighted by atomic mass is 19.1. The van der Waals surface area contributed by atoms with Crippen LogP contribution in [0.25, 0.3) is 0 Å². The Balaban J connectivity index is 2.34. The molecule has 0 fully saturated rings. The Morgan fingerprint density at radius 2 is 2.20 bits per heavy atom. The summed E-state index contributed by atoms with van der Waals surface area (Å²) in [6.07, 6.45) is 0. The van der Waals surface area contributed by atoms with Gasteiger partial charge < -0.3 is 20.9 Å². The molecule has 0 saturated carbocycles. The van der Waals surface area contributed by atoms with Crippen molar-refractivity contribution >= 4 is 11.4 Å². The number of hydrogen-bond donors (Lipinski definition) is 3. The lowest BCUT2D eigenvalue weighted by molar-refractivity contribution is 0.0992. The quantitative estimate of drug-likeness (QED) is 0.484. The van der Waals surface area contributed by atoms with E-state index in [0.717, 1.165) is 0 Å². The summed E-state index contributed by atoms with van der Waals surface area (Å²) < 4.78 is 18.0. The number of nitrogens with two attached hydrogens (primary N) is 1. The van der Waals surface area contributed by atoms with Gasteiger partial charge in [0.1, 0.15) is 5.82 Å².